The first kappa shape index (κ1) is 15.3. The van der Waals surface area contributed by atoms with Gasteiger partial charge in [0.05, 0.1) is 11.3 Å². The molecule has 2 rings (SSSR count). The van der Waals surface area contributed by atoms with Crippen molar-refractivity contribution < 1.29 is 22.7 Å². The lowest BCUT2D eigenvalue weighted by Crippen LogP contribution is -2.15. The Morgan fingerprint density at radius 1 is 1.19 bits per heavy atom. The lowest BCUT2D eigenvalue weighted by Gasteiger charge is -2.10. The van der Waals surface area contributed by atoms with Gasteiger partial charge in [-0.25, -0.2) is 17.6 Å². The van der Waals surface area contributed by atoms with Crippen LogP contribution in [-0.2, 0) is 10.0 Å². The molecule has 0 radical (unpaired) electrons. The molecule has 0 aliphatic heterocycles. The average molecular weight is 330 g/mol. The van der Waals surface area contributed by atoms with Gasteiger partial charge in [-0.2, -0.15) is 0 Å². The van der Waals surface area contributed by atoms with E-state index in [1.807, 2.05) is 0 Å². The van der Waals surface area contributed by atoms with Crippen molar-refractivity contribution in [2.24, 2.45) is 0 Å². The third-order valence-corrected chi connectivity index (χ3v) is 4.16. The van der Waals surface area contributed by atoms with Crippen molar-refractivity contribution in [3.05, 3.63) is 58.9 Å². The molecule has 0 spiro atoms. The zero-order chi connectivity index (χ0) is 15.6. The van der Waals surface area contributed by atoms with Crippen molar-refractivity contribution in [2.45, 2.75) is 4.90 Å². The molecule has 2 aromatic carbocycles. The van der Waals surface area contributed by atoms with E-state index in [4.69, 9.17) is 16.7 Å². The van der Waals surface area contributed by atoms with Gasteiger partial charge in [0.2, 0.25) is 0 Å². The maximum Gasteiger partial charge on any atom is 0.335 e. The molecule has 21 heavy (non-hydrogen) atoms. The summed E-state index contributed by atoms with van der Waals surface area (Å²) in [6.45, 7) is 0. The topological polar surface area (TPSA) is 83.5 Å². The Morgan fingerprint density at radius 3 is 2.48 bits per heavy atom. The second-order valence-electron chi connectivity index (χ2n) is 4.07. The molecular weight excluding hydrogens is 321 g/mol. The van der Waals surface area contributed by atoms with E-state index in [9.17, 15) is 17.6 Å². The highest BCUT2D eigenvalue weighted by Crippen LogP contribution is 2.23. The van der Waals surface area contributed by atoms with E-state index in [-0.39, 0.29) is 16.3 Å². The number of sulfonamides is 1. The fourth-order valence-corrected chi connectivity index (χ4v) is 3.00. The number of benzene rings is 2. The zero-order valence-electron chi connectivity index (χ0n) is 10.4. The quantitative estimate of drug-likeness (QED) is 0.903. The van der Waals surface area contributed by atoms with Crippen LogP contribution in [0, 0.1) is 5.82 Å². The van der Waals surface area contributed by atoms with Gasteiger partial charge in [0, 0.05) is 5.02 Å². The molecule has 0 bridgehead atoms. The third kappa shape index (κ3) is 3.50. The van der Waals surface area contributed by atoms with Crippen molar-refractivity contribution in [3.8, 4) is 0 Å². The van der Waals surface area contributed by atoms with Crippen LogP contribution in [0.3, 0.4) is 0 Å². The molecule has 0 aliphatic carbocycles. The van der Waals surface area contributed by atoms with Crippen molar-refractivity contribution >= 4 is 33.3 Å². The number of anilines is 1. The lowest BCUT2D eigenvalue weighted by atomic mass is 10.2. The number of nitrogens with one attached hydrogen (secondary N) is 1. The van der Waals surface area contributed by atoms with Gasteiger partial charge in [0.15, 0.2) is 0 Å². The van der Waals surface area contributed by atoms with Gasteiger partial charge in [-0.15, -0.1) is 0 Å². The van der Waals surface area contributed by atoms with E-state index in [0.717, 1.165) is 18.2 Å². The molecule has 0 amide bonds. The molecule has 110 valence electrons. The number of hydrogen-bond donors (Lipinski definition) is 2. The first-order valence-electron chi connectivity index (χ1n) is 5.61. The normalized spacial score (nSPS) is 11.1. The Kier molecular flexibility index (Phi) is 4.15. The molecular formula is C13H9ClFNO4S. The minimum atomic E-state index is -4.18. The monoisotopic (exact) mass is 329 g/mol. The van der Waals surface area contributed by atoms with Gasteiger partial charge < -0.3 is 5.11 Å². The SMILES string of the molecule is O=C(O)c1cc(Cl)cc(NS(=O)(=O)c2ccccc2F)c1. The maximum atomic E-state index is 13.5. The van der Waals surface area contributed by atoms with E-state index in [1.54, 1.807) is 0 Å². The van der Waals surface area contributed by atoms with E-state index in [2.05, 4.69) is 4.72 Å². The van der Waals surface area contributed by atoms with E-state index in [0.29, 0.717) is 0 Å². The highest BCUT2D eigenvalue weighted by molar-refractivity contribution is 7.92. The van der Waals surface area contributed by atoms with E-state index >= 15 is 0 Å². The summed E-state index contributed by atoms with van der Waals surface area (Å²) in [4.78, 5) is 10.4. The summed E-state index contributed by atoms with van der Waals surface area (Å²) in [6.07, 6.45) is 0. The van der Waals surface area contributed by atoms with Crippen LogP contribution in [0.1, 0.15) is 10.4 Å². The molecule has 0 atom stereocenters. The molecule has 0 aromatic heterocycles. The maximum absolute atomic E-state index is 13.5. The van der Waals surface area contributed by atoms with Crippen molar-refractivity contribution in [3.63, 3.8) is 0 Å². The largest absolute Gasteiger partial charge is 0.478 e. The molecule has 0 aliphatic rings. The molecule has 0 saturated carbocycles. The van der Waals surface area contributed by atoms with Crippen LogP contribution in [0.2, 0.25) is 5.02 Å². The van der Waals surface area contributed by atoms with Crippen molar-refractivity contribution in [1.29, 1.82) is 0 Å². The fraction of sp³-hybridized carbons (Fsp3) is 0. The molecule has 0 saturated heterocycles. The smallest absolute Gasteiger partial charge is 0.335 e. The lowest BCUT2D eigenvalue weighted by molar-refractivity contribution is 0.0697. The van der Waals surface area contributed by atoms with Gasteiger partial charge >= 0.3 is 5.97 Å². The van der Waals surface area contributed by atoms with Crippen molar-refractivity contribution in [2.75, 3.05) is 4.72 Å². The van der Waals surface area contributed by atoms with E-state index in [1.165, 1.54) is 24.3 Å². The van der Waals surface area contributed by atoms with Crippen LogP contribution in [0.5, 0.6) is 0 Å². The van der Waals surface area contributed by atoms with Crippen LogP contribution in [0.15, 0.2) is 47.4 Å². The number of carboxylic acid groups (broad SMARTS) is 1. The molecule has 2 N–H and O–H groups in total. The predicted octanol–water partition coefficient (Wildman–Crippen LogP) is 2.98. The number of carboxylic acids is 1. The highest BCUT2D eigenvalue weighted by atomic mass is 35.5. The van der Waals surface area contributed by atoms with Gasteiger partial charge in [-0.1, -0.05) is 23.7 Å². The number of aromatic carboxylic acids is 1. The summed E-state index contributed by atoms with van der Waals surface area (Å²) in [7, 11) is -4.18. The third-order valence-electron chi connectivity index (χ3n) is 2.52. The van der Waals surface area contributed by atoms with Crippen molar-refractivity contribution in [1.82, 2.24) is 0 Å². The minimum absolute atomic E-state index is 0.0427. The van der Waals surface area contributed by atoms with Crippen LogP contribution < -0.4 is 4.72 Å². The highest BCUT2D eigenvalue weighted by Gasteiger charge is 2.19. The van der Waals surface area contributed by atoms with Gasteiger partial charge in [0.25, 0.3) is 10.0 Å². The fourth-order valence-electron chi connectivity index (χ4n) is 1.64. The van der Waals surface area contributed by atoms with Gasteiger partial charge in [-0.3, -0.25) is 4.72 Å². The number of rotatable bonds is 4. The molecule has 0 heterocycles. The summed E-state index contributed by atoms with van der Waals surface area (Å²) >= 11 is 5.73. The van der Waals surface area contributed by atoms with Gasteiger partial charge in [-0.05, 0) is 30.3 Å². The summed E-state index contributed by atoms with van der Waals surface area (Å²) in [5, 5.41) is 8.94. The number of carbonyl (C=O) groups is 1. The van der Waals surface area contributed by atoms with Crippen LogP contribution in [-0.4, -0.2) is 19.5 Å². The Hall–Kier alpha value is -2.12. The summed E-state index contributed by atoms with van der Waals surface area (Å²) in [6, 6.07) is 8.33. The van der Waals surface area contributed by atoms with Crippen LogP contribution in [0.25, 0.3) is 0 Å². The standard InChI is InChI=1S/C13H9ClFNO4S/c14-9-5-8(13(17)18)6-10(7-9)16-21(19,20)12-4-2-1-3-11(12)15/h1-7,16H,(H,17,18). The first-order valence-corrected chi connectivity index (χ1v) is 7.47. The zero-order valence-corrected chi connectivity index (χ0v) is 12.0. The second-order valence-corrected chi connectivity index (χ2v) is 6.16. The number of halogens is 2. The first-order chi connectivity index (χ1) is 9.79. The molecule has 2 aromatic rings. The van der Waals surface area contributed by atoms with Crippen LogP contribution in [0.4, 0.5) is 10.1 Å². The van der Waals surface area contributed by atoms with Gasteiger partial charge in [0.1, 0.15) is 10.7 Å². The molecule has 5 nitrogen and oxygen atoms in total. The summed E-state index contributed by atoms with van der Waals surface area (Å²) in [5.41, 5.74) is -0.253. The van der Waals surface area contributed by atoms with E-state index < -0.39 is 26.7 Å². The minimum Gasteiger partial charge on any atom is -0.478 e. The number of hydrogen-bond acceptors (Lipinski definition) is 3. The summed E-state index contributed by atoms with van der Waals surface area (Å²) < 4.78 is 39.8. The average Bonchev–Trinajstić information content (AvgIpc) is 2.37. The molecule has 0 fully saturated rings. The molecule has 0 unspecified atom stereocenters. The Labute approximate surface area is 125 Å². The van der Waals surface area contributed by atoms with Crippen LogP contribution >= 0.6 is 11.6 Å². The molecule has 8 heteroatoms. The predicted molar refractivity (Wildman–Crippen MR) is 75.6 cm³/mol. The Balaban J connectivity index is 2.42. The summed E-state index contributed by atoms with van der Waals surface area (Å²) in [5.74, 6) is -2.17. The second kappa shape index (κ2) is 5.71. The Morgan fingerprint density at radius 2 is 1.86 bits per heavy atom. The Bertz CT molecular complexity index is 808.